The molecule has 0 unspecified atom stereocenters. The summed E-state index contributed by atoms with van der Waals surface area (Å²) in [7, 11) is 0. The standard InChI is InChI=1S/C26H21FN8/c1-2-28-9-15-7-17(11-29-10-15)18-8-20-24(34-35-25(20)31-12-18)26-32-22-14-30-13-21(23(22)33-26)16-3-5-19(27)6-4-16/h3-8,10-14,28H,2,9H2,1H3,(H,32,33)(H,31,34,35). The molecule has 35 heavy (non-hydrogen) atoms. The number of nitrogens with one attached hydrogen (secondary N) is 3. The maximum absolute atomic E-state index is 13.4. The van der Waals surface area contributed by atoms with Crippen LogP contribution in [-0.4, -0.2) is 41.7 Å². The second kappa shape index (κ2) is 8.69. The summed E-state index contributed by atoms with van der Waals surface area (Å²) in [4.78, 5) is 21.5. The molecule has 8 nitrogen and oxygen atoms in total. The molecule has 9 heteroatoms. The van der Waals surface area contributed by atoms with Crippen LogP contribution < -0.4 is 5.32 Å². The Morgan fingerprint density at radius 1 is 0.914 bits per heavy atom. The Bertz CT molecular complexity index is 1650. The zero-order valence-corrected chi connectivity index (χ0v) is 18.9. The van der Waals surface area contributed by atoms with Gasteiger partial charge in [0.2, 0.25) is 0 Å². The molecule has 0 aliphatic heterocycles. The number of H-pyrrole nitrogens is 2. The molecule has 0 fully saturated rings. The van der Waals surface area contributed by atoms with Gasteiger partial charge in [0.1, 0.15) is 11.5 Å². The summed E-state index contributed by atoms with van der Waals surface area (Å²) in [6.07, 6.45) is 8.96. The van der Waals surface area contributed by atoms with Gasteiger partial charge in [-0.05, 0) is 41.9 Å². The van der Waals surface area contributed by atoms with Crippen LogP contribution in [0.1, 0.15) is 12.5 Å². The van der Waals surface area contributed by atoms with Crippen LogP contribution in [-0.2, 0) is 6.54 Å². The van der Waals surface area contributed by atoms with Crippen LogP contribution in [0.15, 0.2) is 67.4 Å². The largest absolute Gasteiger partial charge is 0.335 e. The molecule has 5 heterocycles. The van der Waals surface area contributed by atoms with E-state index in [1.54, 1.807) is 24.5 Å². The molecule has 6 aromatic rings. The number of rotatable bonds is 6. The van der Waals surface area contributed by atoms with Crippen molar-refractivity contribution in [3.63, 3.8) is 0 Å². The molecule has 0 saturated carbocycles. The van der Waals surface area contributed by atoms with E-state index in [1.807, 2.05) is 24.7 Å². The van der Waals surface area contributed by atoms with Crippen LogP contribution in [0.3, 0.4) is 0 Å². The van der Waals surface area contributed by atoms with Gasteiger partial charge in [-0.25, -0.2) is 14.4 Å². The van der Waals surface area contributed by atoms with Crippen LogP contribution in [0.5, 0.6) is 0 Å². The van der Waals surface area contributed by atoms with E-state index in [0.29, 0.717) is 17.2 Å². The maximum Gasteiger partial charge on any atom is 0.159 e. The van der Waals surface area contributed by atoms with Gasteiger partial charge in [-0.1, -0.05) is 19.1 Å². The number of hydrogen-bond donors (Lipinski definition) is 3. The minimum absolute atomic E-state index is 0.287. The van der Waals surface area contributed by atoms with E-state index in [1.165, 1.54) is 12.1 Å². The highest BCUT2D eigenvalue weighted by Crippen LogP contribution is 2.32. The minimum Gasteiger partial charge on any atom is -0.335 e. The van der Waals surface area contributed by atoms with Gasteiger partial charge in [-0.15, -0.1) is 0 Å². The molecule has 0 atom stereocenters. The molecule has 5 aromatic heterocycles. The third kappa shape index (κ3) is 3.91. The quantitative estimate of drug-likeness (QED) is 0.324. The molecule has 0 aliphatic rings. The first-order valence-corrected chi connectivity index (χ1v) is 11.3. The lowest BCUT2D eigenvalue weighted by atomic mass is 10.1. The normalized spacial score (nSPS) is 11.5. The Hall–Kier alpha value is -4.50. The van der Waals surface area contributed by atoms with Crippen LogP contribution in [0.25, 0.3) is 55.8 Å². The van der Waals surface area contributed by atoms with Gasteiger partial charge in [0.25, 0.3) is 0 Å². The summed E-state index contributed by atoms with van der Waals surface area (Å²) in [6.45, 7) is 3.73. The number of nitrogens with zero attached hydrogens (tertiary/aromatic N) is 5. The average Bonchev–Trinajstić information content (AvgIpc) is 3.51. The monoisotopic (exact) mass is 464 g/mol. The highest BCUT2D eigenvalue weighted by atomic mass is 19.1. The summed E-state index contributed by atoms with van der Waals surface area (Å²) >= 11 is 0. The fourth-order valence-electron chi connectivity index (χ4n) is 4.14. The summed E-state index contributed by atoms with van der Waals surface area (Å²) in [6, 6.07) is 10.5. The van der Waals surface area contributed by atoms with Crippen molar-refractivity contribution >= 4 is 22.1 Å². The molecule has 1 aromatic carbocycles. The lowest BCUT2D eigenvalue weighted by molar-refractivity contribution is 0.628. The van der Waals surface area contributed by atoms with Crippen LogP contribution in [0, 0.1) is 5.82 Å². The number of imidazole rings is 1. The summed E-state index contributed by atoms with van der Waals surface area (Å²) in [5, 5.41) is 11.7. The molecule has 0 saturated heterocycles. The SMILES string of the molecule is CCNCc1cncc(-c2cnc3[nH]nc(-c4nc5c(-c6ccc(F)cc6)cncc5[nH]4)c3c2)c1. The van der Waals surface area contributed by atoms with Gasteiger partial charge in [0.15, 0.2) is 11.5 Å². The molecule has 0 radical (unpaired) electrons. The third-order valence-electron chi connectivity index (χ3n) is 5.90. The van der Waals surface area contributed by atoms with Crippen LogP contribution in [0.2, 0.25) is 0 Å². The fraction of sp³-hybridized carbons (Fsp3) is 0.115. The van der Waals surface area contributed by atoms with Crippen molar-refractivity contribution in [1.82, 2.24) is 40.4 Å². The second-order valence-corrected chi connectivity index (χ2v) is 8.23. The Morgan fingerprint density at radius 3 is 2.60 bits per heavy atom. The number of aromatic nitrogens is 7. The molecule has 3 N–H and O–H groups in total. The number of fused-ring (bicyclic) bond motifs is 2. The van der Waals surface area contributed by atoms with Crippen molar-refractivity contribution in [1.29, 1.82) is 0 Å². The first-order chi connectivity index (χ1) is 17.2. The molecule has 172 valence electrons. The molecule has 0 bridgehead atoms. The zero-order chi connectivity index (χ0) is 23.8. The van der Waals surface area contributed by atoms with Gasteiger partial charge < -0.3 is 10.3 Å². The predicted octanol–water partition coefficient (Wildman–Crippen LogP) is 4.87. The fourth-order valence-corrected chi connectivity index (χ4v) is 4.14. The van der Waals surface area contributed by atoms with E-state index in [0.717, 1.165) is 57.3 Å². The average molecular weight is 465 g/mol. The first-order valence-electron chi connectivity index (χ1n) is 11.3. The Morgan fingerprint density at radius 2 is 1.74 bits per heavy atom. The van der Waals surface area contributed by atoms with E-state index >= 15 is 0 Å². The lowest BCUT2D eigenvalue weighted by Crippen LogP contribution is -2.11. The summed E-state index contributed by atoms with van der Waals surface area (Å²) in [5.74, 6) is 0.311. The number of halogens is 1. The van der Waals surface area contributed by atoms with Crippen LogP contribution in [0.4, 0.5) is 4.39 Å². The van der Waals surface area contributed by atoms with Crippen molar-refractivity contribution in [3.8, 4) is 33.8 Å². The van der Waals surface area contributed by atoms with Gasteiger partial charge in [-0.2, -0.15) is 5.10 Å². The topological polar surface area (TPSA) is 108 Å². The van der Waals surface area contributed by atoms with Gasteiger partial charge in [0.05, 0.1) is 22.6 Å². The molecule has 0 spiro atoms. The molecule has 6 rings (SSSR count). The summed E-state index contributed by atoms with van der Waals surface area (Å²) in [5.41, 5.74) is 7.51. The molecular formula is C26H21FN8. The maximum atomic E-state index is 13.4. The third-order valence-corrected chi connectivity index (χ3v) is 5.90. The molecule has 0 aliphatic carbocycles. The number of hydrogen-bond acceptors (Lipinski definition) is 6. The Balaban J connectivity index is 1.43. The number of aromatic amines is 2. The Kier molecular flexibility index (Phi) is 5.23. The van der Waals surface area contributed by atoms with E-state index in [2.05, 4.69) is 48.4 Å². The first kappa shape index (κ1) is 21.1. The van der Waals surface area contributed by atoms with E-state index in [4.69, 9.17) is 4.98 Å². The van der Waals surface area contributed by atoms with E-state index in [9.17, 15) is 4.39 Å². The summed E-state index contributed by atoms with van der Waals surface area (Å²) < 4.78 is 13.4. The van der Waals surface area contributed by atoms with Crippen molar-refractivity contribution in [2.45, 2.75) is 13.5 Å². The smallest absolute Gasteiger partial charge is 0.159 e. The van der Waals surface area contributed by atoms with Crippen molar-refractivity contribution in [2.75, 3.05) is 6.54 Å². The van der Waals surface area contributed by atoms with Gasteiger partial charge in [0, 0.05) is 48.0 Å². The van der Waals surface area contributed by atoms with Crippen molar-refractivity contribution < 1.29 is 4.39 Å². The molecular weight excluding hydrogens is 443 g/mol. The zero-order valence-electron chi connectivity index (χ0n) is 18.9. The van der Waals surface area contributed by atoms with E-state index < -0.39 is 0 Å². The van der Waals surface area contributed by atoms with Gasteiger partial charge in [-0.3, -0.25) is 15.1 Å². The minimum atomic E-state index is -0.287. The highest BCUT2D eigenvalue weighted by molar-refractivity contribution is 5.96. The van der Waals surface area contributed by atoms with E-state index in [-0.39, 0.29) is 5.82 Å². The van der Waals surface area contributed by atoms with Crippen molar-refractivity contribution in [2.24, 2.45) is 0 Å². The van der Waals surface area contributed by atoms with Crippen molar-refractivity contribution in [3.05, 3.63) is 78.8 Å². The number of pyridine rings is 3. The highest BCUT2D eigenvalue weighted by Gasteiger charge is 2.17. The molecule has 0 amide bonds. The van der Waals surface area contributed by atoms with Crippen LogP contribution >= 0.6 is 0 Å². The number of benzene rings is 1. The predicted molar refractivity (Wildman–Crippen MR) is 133 cm³/mol. The Labute approximate surface area is 199 Å². The second-order valence-electron chi connectivity index (χ2n) is 8.23. The van der Waals surface area contributed by atoms with Gasteiger partial charge >= 0.3 is 0 Å². The lowest BCUT2D eigenvalue weighted by Gasteiger charge is -2.05.